The van der Waals surface area contributed by atoms with Gasteiger partial charge in [-0.3, -0.25) is 14.7 Å². The number of hydrogen-bond donors (Lipinski definition) is 3. The van der Waals surface area contributed by atoms with E-state index in [-0.39, 0.29) is 24.4 Å². The molecule has 8 heteroatoms. The molecule has 1 heterocycles. The number of guanidine groups is 2. The summed E-state index contributed by atoms with van der Waals surface area (Å²) in [4.78, 5) is 25.0. The summed E-state index contributed by atoms with van der Waals surface area (Å²) in [7, 11) is 0. The number of nitrogens with two attached hydrogens (primary N) is 3. The van der Waals surface area contributed by atoms with Gasteiger partial charge in [0.15, 0.2) is 5.96 Å². The second kappa shape index (κ2) is 5.39. The van der Waals surface area contributed by atoms with Gasteiger partial charge >= 0.3 is 0 Å². The van der Waals surface area contributed by atoms with Gasteiger partial charge in [0.25, 0.3) is 5.91 Å². The summed E-state index contributed by atoms with van der Waals surface area (Å²) in [5.41, 5.74) is 17.2. The Morgan fingerprint density at radius 1 is 1.35 bits per heavy atom. The summed E-state index contributed by atoms with van der Waals surface area (Å²) < 4.78 is 0. The molecule has 8 nitrogen and oxygen atoms in total. The Hall–Kier alpha value is -2.90. The van der Waals surface area contributed by atoms with Gasteiger partial charge in [-0.25, -0.2) is 4.99 Å². The van der Waals surface area contributed by atoms with Crippen LogP contribution in [0.2, 0.25) is 0 Å². The highest BCUT2D eigenvalue weighted by Crippen LogP contribution is 2.24. The Morgan fingerprint density at radius 3 is 2.70 bits per heavy atom. The molecule has 1 aliphatic heterocycles. The van der Waals surface area contributed by atoms with E-state index in [1.807, 2.05) is 0 Å². The average molecular weight is 273 g/mol. The molecule has 0 atom stereocenters. The van der Waals surface area contributed by atoms with E-state index in [4.69, 9.17) is 17.2 Å². The SMILES string of the molecule is CC1=NCC(=O)N1c1cccc(N=C(N)N=C(N)N)c1. The predicted octanol–water partition coefficient (Wildman–Crippen LogP) is -0.329. The standard InChI is InChI=1S/C12H15N7O/c1-7-16-6-10(20)19(7)9-4-2-3-8(5-9)17-12(15)18-11(13)14/h2-5H,6H2,1H3,(H6,13,14,15,17,18). The summed E-state index contributed by atoms with van der Waals surface area (Å²) >= 11 is 0. The Bertz CT molecular complexity index is 628. The van der Waals surface area contributed by atoms with E-state index in [1.165, 1.54) is 4.90 Å². The molecular weight excluding hydrogens is 258 g/mol. The van der Waals surface area contributed by atoms with Gasteiger partial charge in [0.1, 0.15) is 12.4 Å². The van der Waals surface area contributed by atoms with Crippen molar-refractivity contribution in [1.29, 1.82) is 0 Å². The molecular formula is C12H15N7O. The van der Waals surface area contributed by atoms with Gasteiger partial charge < -0.3 is 17.2 Å². The number of amides is 1. The van der Waals surface area contributed by atoms with E-state index in [0.29, 0.717) is 17.2 Å². The average Bonchev–Trinajstić information content (AvgIpc) is 2.68. The van der Waals surface area contributed by atoms with Crippen LogP contribution in [0.5, 0.6) is 0 Å². The highest BCUT2D eigenvalue weighted by Gasteiger charge is 2.23. The summed E-state index contributed by atoms with van der Waals surface area (Å²) in [6, 6.07) is 6.98. The maximum absolute atomic E-state index is 11.8. The number of benzene rings is 1. The van der Waals surface area contributed by atoms with Crippen LogP contribution in [0.3, 0.4) is 0 Å². The summed E-state index contributed by atoms with van der Waals surface area (Å²) in [6.45, 7) is 1.93. The lowest BCUT2D eigenvalue weighted by atomic mass is 10.2. The molecule has 0 saturated heterocycles. The number of rotatable bonds is 2. The molecule has 20 heavy (non-hydrogen) atoms. The lowest BCUT2D eigenvalue weighted by Gasteiger charge is -2.16. The monoisotopic (exact) mass is 273 g/mol. The van der Waals surface area contributed by atoms with Crippen molar-refractivity contribution in [3.63, 3.8) is 0 Å². The minimum atomic E-state index is -0.167. The van der Waals surface area contributed by atoms with Crippen LogP contribution in [0.1, 0.15) is 6.92 Å². The van der Waals surface area contributed by atoms with Crippen LogP contribution in [0.25, 0.3) is 0 Å². The quantitative estimate of drug-likeness (QED) is 0.502. The number of aliphatic imine (C=N–C) groups is 3. The molecule has 6 N–H and O–H groups in total. The molecule has 1 aliphatic rings. The molecule has 0 radical (unpaired) electrons. The fraction of sp³-hybridized carbons (Fsp3) is 0.167. The number of carbonyl (C=O) groups excluding carboxylic acids is 1. The van der Waals surface area contributed by atoms with Crippen LogP contribution >= 0.6 is 0 Å². The number of amidine groups is 1. The zero-order chi connectivity index (χ0) is 14.7. The first-order valence-electron chi connectivity index (χ1n) is 5.85. The van der Waals surface area contributed by atoms with E-state index in [1.54, 1.807) is 31.2 Å². The predicted molar refractivity (Wildman–Crippen MR) is 79.0 cm³/mol. The van der Waals surface area contributed by atoms with E-state index in [9.17, 15) is 4.79 Å². The van der Waals surface area contributed by atoms with Crippen molar-refractivity contribution in [1.82, 2.24) is 0 Å². The lowest BCUT2D eigenvalue weighted by molar-refractivity contribution is -0.115. The third-order valence-electron chi connectivity index (χ3n) is 2.59. The van der Waals surface area contributed by atoms with Crippen LogP contribution in [0.4, 0.5) is 11.4 Å². The Labute approximate surface area is 115 Å². The van der Waals surface area contributed by atoms with Gasteiger partial charge in [0, 0.05) is 0 Å². The number of hydrogen-bond acceptors (Lipinski definition) is 3. The van der Waals surface area contributed by atoms with Crippen LogP contribution in [-0.4, -0.2) is 30.2 Å². The first-order chi connectivity index (χ1) is 9.47. The lowest BCUT2D eigenvalue weighted by Crippen LogP contribution is -2.30. The molecule has 2 rings (SSSR count). The molecule has 1 aromatic carbocycles. The van der Waals surface area contributed by atoms with Crippen molar-refractivity contribution in [3.05, 3.63) is 24.3 Å². The summed E-state index contributed by atoms with van der Waals surface area (Å²) in [6.07, 6.45) is 0. The second-order valence-corrected chi connectivity index (χ2v) is 4.12. The van der Waals surface area contributed by atoms with Crippen molar-refractivity contribution in [2.45, 2.75) is 6.92 Å². The topological polar surface area (TPSA) is 135 Å². The molecule has 0 spiro atoms. The van der Waals surface area contributed by atoms with Crippen molar-refractivity contribution in [2.75, 3.05) is 11.4 Å². The molecule has 0 saturated carbocycles. The van der Waals surface area contributed by atoms with Crippen molar-refractivity contribution in [3.8, 4) is 0 Å². The van der Waals surface area contributed by atoms with E-state index in [2.05, 4.69) is 15.0 Å². The largest absolute Gasteiger partial charge is 0.370 e. The molecule has 104 valence electrons. The fourth-order valence-corrected chi connectivity index (χ4v) is 1.83. The third-order valence-corrected chi connectivity index (χ3v) is 2.59. The molecule has 0 fully saturated rings. The molecule has 0 bridgehead atoms. The zero-order valence-corrected chi connectivity index (χ0v) is 10.9. The van der Waals surface area contributed by atoms with Crippen molar-refractivity contribution in [2.24, 2.45) is 32.2 Å². The Morgan fingerprint density at radius 2 is 2.10 bits per heavy atom. The smallest absolute Gasteiger partial charge is 0.254 e. The normalized spacial score (nSPS) is 15.2. The number of nitrogens with zero attached hydrogens (tertiary/aromatic N) is 4. The fourth-order valence-electron chi connectivity index (χ4n) is 1.83. The maximum atomic E-state index is 11.8. The maximum Gasteiger partial charge on any atom is 0.254 e. The van der Waals surface area contributed by atoms with Gasteiger partial charge in [0.05, 0.1) is 11.4 Å². The van der Waals surface area contributed by atoms with Crippen LogP contribution in [-0.2, 0) is 4.79 Å². The third kappa shape index (κ3) is 2.91. The van der Waals surface area contributed by atoms with E-state index >= 15 is 0 Å². The van der Waals surface area contributed by atoms with Crippen molar-refractivity contribution < 1.29 is 4.79 Å². The number of anilines is 1. The first kappa shape index (κ1) is 13.5. The molecule has 0 unspecified atom stereocenters. The summed E-state index contributed by atoms with van der Waals surface area (Å²) in [5.74, 6) is 0.342. The number of carbonyl (C=O) groups is 1. The molecule has 0 aromatic heterocycles. The van der Waals surface area contributed by atoms with Crippen LogP contribution in [0, 0.1) is 0 Å². The molecule has 0 aliphatic carbocycles. The Balaban J connectivity index is 2.32. The minimum Gasteiger partial charge on any atom is -0.370 e. The summed E-state index contributed by atoms with van der Waals surface area (Å²) in [5, 5.41) is 0. The van der Waals surface area contributed by atoms with Gasteiger partial charge in [-0.05, 0) is 25.1 Å². The van der Waals surface area contributed by atoms with Crippen LogP contribution < -0.4 is 22.1 Å². The Kier molecular flexibility index (Phi) is 3.65. The van der Waals surface area contributed by atoms with E-state index in [0.717, 1.165) is 0 Å². The van der Waals surface area contributed by atoms with Gasteiger partial charge in [0.2, 0.25) is 5.96 Å². The van der Waals surface area contributed by atoms with Gasteiger partial charge in [-0.15, -0.1) is 0 Å². The van der Waals surface area contributed by atoms with Crippen LogP contribution in [0.15, 0.2) is 39.2 Å². The second-order valence-electron chi connectivity index (χ2n) is 4.12. The van der Waals surface area contributed by atoms with Gasteiger partial charge in [-0.1, -0.05) is 6.07 Å². The molecule has 1 aromatic rings. The van der Waals surface area contributed by atoms with Gasteiger partial charge in [-0.2, -0.15) is 4.99 Å². The molecule has 1 amide bonds. The first-order valence-corrected chi connectivity index (χ1v) is 5.85. The van der Waals surface area contributed by atoms with E-state index < -0.39 is 0 Å². The highest BCUT2D eigenvalue weighted by atomic mass is 16.2. The minimum absolute atomic E-state index is 0.0553. The zero-order valence-electron chi connectivity index (χ0n) is 10.9. The van der Waals surface area contributed by atoms with Crippen molar-refractivity contribution >= 4 is 35.0 Å². The highest BCUT2D eigenvalue weighted by molar-refractivity contribution is 6.20.